The van der Waals surface area contributed by atoms with E-state index in [1.165, 1.54) is 0 Å². The summed E-state index contributed by atoms with van der Waals surface area (Å²) in [5.41, 5.74) is 49.7. The van der Waals surface area contributed by atoms with Crippen molar-refractivity contribution in [1.82, 2.24) is 0 Å². The first-order chi connectivity index (χ1) is 20.9. The van der Waals surface area contributed by atoms with Crippen LogP contribution in [0.4, 0.5) is 0 Å². The van der Waals surface area contributed by atoms with Crippen molar-refractivity contribution >= 4 is 0 Å². The summed E-state index contributed by atoms with van der Waals surface area (Å²) in [6, 6.07) is 5.51. The van der Waals surface area contributed by atoms with Crippen LogP contribution < -0.4 is 0 Å². The topological polar surface area (TPSA) is 244 Å². The lowest BCUT2D eigenvalue weighted by molar-refractivity contribution is 0.910. The zero-order valence-corrected chi connectivity index (χ0v) is 24.2. The molecule has 2 rings (SSSR count). The van der Waals surface area contributed by atoms with Crippen LogP contribution in [0.15, 0.2) is 43.8 Å². The van der Waals surface area contributed by atoms with Gasteiger partial charge in [0.05, 0.1) is 32.7 Å². The first-order valence-corrected chi connectivity index (χ1v) is 12.6. The second-order valence-corrected chi connectivity index (χ2v) is 8.31. The molecule has 0 aliphatic heterocycles. The Kier molecular flexibility index (Phi) is 16.6. The van der Waals surface area contributed by atoms with Crippen molar-refractivity contribution in [3.63, 3.8) is 0 Å². The molecule has 0 aliphatic rings. The van der Waals surface area contributed by atoms with Gasteiger partial charge in [-0.05, 0) is 100 Å². The third-order valence-corrected chi connectivity index (χ3v) is 5.83. The molecule has 15 nitrogen and oxygen atoms in total. The van der Waals surface area contributed by atoms with Crippen LogP contribution >= 0.6 is 0 Å². The van der Waals surface area contributed by atoms with Crippen LogP contribution in [0.5, 0.6) is 0 Å². The highest BCUT2D eigenvalue weighted by atomic mass is 15.1. The molecule has 0 fully saturated rings. The predicted molar refractivity (Wildman–Crippen MR) is 165 cm³/mol. The van der Waals surface area contributed by atoms with E-state index in [0.29, 0.717) is 0 Å². The van der Waals surface area contributed by atoms with E-state index >= 15 is 0 Å². The molecule has 2 aromatic carbocycles. The van der Waals surface area contributed by atoms with Crippen molar-refractivity contribution in [1.29, 1.82) is 0 Å². The van der Waals surface area contributed by atoms with Gasteiger partial charge in [0.2, 0.25) is 0 Å². The van der Waals surface area contributed by atoms with Crippen molar-refractivity contribution in [3.8, 4) is 35.5 Å². The Morgan fingerprint density at radius 2 is 0.814 bits per heavy atom. The average molecular weight is 574 g/mol. The molecule has 2 aromatic rings. The number of azide groups is 5. The molecular weight excluding hydrogens is 546 g/mol. The lowest BCUT2D eigenvalue weighted by Crippen LogP contribution is -2.06. The van der Waals surface area contributed by atoms with Gasteiger partial charge in [0.15, 0.2) is 0 Å². The Balaban J connectivity index is 0.000000430. The third-order valence-electron chi connectivity index (χ3n) is 5.83. The molecule has 0 saturated carbocycles. The molecule has 0 aliphatic carbocycles. The number of hydrogen-bond donors (Lipinski definition) is 0. The van der Waals surface area contributed by atoms with Gasteiger partial charge in [-0.2, -0.15) is 0 Å². The highest BCUT2D eigenvalue weighted by Gasteiger charge is 2.15. The van der Waals surface area contributed by atoms with E-state index < -0.39 is 0 Å². The molecule has 0 unspecified atom stereocenters. The lowest BCUT2D eigenvalue weighted by atomic mass is 9.88. The Morgan fingerprint density at radius 1 is 0.512 bits per heavy atom. The molecular formula is C28H27N15. The molecule has 43 heavy (non-hydrogen) atoms. The maximum Gasteiger partial charge on any atom is 0.0880 e. The quantitative estimate of drug-likeness (QED) is 0.124. The minimum Gasteiger partial charge on any atom is -0.0982 e. The third kappa shape index (κ3) is 12.2. The summed E-state index contributed by atoms with van der Waals surface area (Å²) in [7, 11) is 0. The lowest BCUT2D eigenvalue weighted by Gasteiger charge is -2.20. The predicted octanol–water partition coefficient (Wildman–Crippen LogP) is 8.81. The van der Waals surface area contributed by atoms with Gasteiger partial charge in [-0.1, -0.05) is 68.0 Å². The normalized spacial score (nSPS) is 8.47. The fourth-order valence-corrected chi connectivity index (χ4v) is 3.86. The van der Waals surface area contributed by atoms with E-state index in [1.807, 2.05) is 45.9 Å². The Bertz CT molecular complexity index is 1580. The monoisotopic (exact) mass is 573 g/mol. The summed E-state index contributed by atoms with van der Waals surface area (Å²) in [5, 5.41) is 17.5. The van der Waals surface area contributed by atoms with E-state index in [-0.39, 0.29) is 32.7 Å². The standard InChI is InChI=1S/C16H12N6.C12H15N9/c1-2-3-6-14-11-15(7-4-9-19-21-17)13-16(12-14)8-5-10-20-22-18;1-7-10(4-16-19-13)8(2)12(6-18-21-15)9(3)11(7)5-17-20-14/h11-13H,2,9-10H2,1H3;4-6H2,1-3H3. The summed E-state index contributed by atoms with van der Waals surface area (Å²) < 4.78 is 0. The summed E-state index contributed by atoms with van der Waals surface area (Å²) in [4.78, 5) is 13.6. The Morgan fingerprint density at radius 3 is 1.09 bits per heavy atom. The van der Waals surface area contributed by atoms with Crippen molar-refractivity contribution in [2.24, 2.45) is 25.6 Å². The molecule has 0 heterocycles. The van der Waals surface area contributed by atoms with Gasteiger partial charge in [-0.3, -0.25) is 0 Å². The molecule has 0 amide bonds. The molecule has 0 atom stereocenters. The zero-order chi connectivity index (χ0) is 31.9. The molecule has 0 saturated heterocycles. The molecule has 0 spiro atoms. The molecule has 15 heteroatoms. The highest BCUT2D eigenvalue weighted by Crippen LogP contribution is 2.29. The maximum atomic E-state index is 8.51. The van der Waals surface area contributed by atoms with Crippen LogP contribution in [0.3, 0.4) is 0 Å². The fourth-order valence-electron chi connectivity index (χ4n) is 3.86. The van der Waals surface area contributed by atoms with Gasteiger partial charge in [-0.25, -0.2) is 0 Å². The van der Waals surface area contributed by atoms with Gasteiger partial charge >= 0.3 is 0 Å². The number of benzene rings is 2. The van der Waals surface area contributed by atoms with Crippen molar-refractivity contribution in [3.05, 3.63) is 120 Å². The second-order valence-electron chi connectivity index (χ2n) is 8.31. The van der Waals surface area contributed by atoms with E-state index in [9.17, 15) is 0 Å². The second kappa shape index (κ2) is 20.6. The number of nitrogens with zero attached hydrogens (tertiary/aromatic N) is 15. The zero-order valence-electron chi connectivity index (χ0n) is 24.2. The molecule has 0 aromatic heterocycles. The summed E-state index contributed by atoms with van der Waals surface area (Å²) in [6.45, 7) is 8.53. The smallest absolute Gasteiger partial charge is 0.0880 e. The number of rotatable bonds is 8. The fraction of sp³-hybridized carbons (Fsp3) is 0.357. The molecule has 0 radical (unpaired) electrons. The SMILES string of the molecule is CCC#Cc1cc(C#CCN=[N+]=[N-])cc(C#CCN=[N+]=[N-])c1.Cc1c(CN=[N+]=[N-])c(C)c(CN=[N+]=[N-])c(C)c1CN=[N+]=[N-]. The molecule has 0 N–H and O–H groups in total. The molecule has 214 valence electrons. The van der Waals surface area contributed by atoms with Crippen LogP contribution in [0.2, 0.25) is 0 Å². The van der Waals surface area contributed by atoms with Crippen LogP contribution in [-0.4, -0.2) is 13.1 Å². The van der Waals surface area contributed by atoms with E-state index in [2.05, 4.69) is 85.7 Å². The first kappa shape index (κ1) is 34.7. The summed E-state index contributed by atoms with van der Waals surface area (Å²) >= 11 is 0. The van der Waals surface area contributed by atoms with Crippen LogP contribution in [-0.2, 0) is 19.6 Å². The Hall–Kier alpha value is -6.33. The largest absolute Gasteiger partial charge is 0.0982 e. The molecule has 0 bridgehead atoms. The maximum absolute atomic E-state index is 8.51. The highest BCUT2D eigenvalue weighted by molar-refractivity contribution is 5.52. The van der Waals surface area contributed by atoms with Crippen LogP contribution in [0.25, 0.3) is 52.2 Å². The van der Waals surface area contributed by atoms with Gasteiger partial charge in [0.1, 0.15) is 0 Å². The van der Waals surface area contributed by atoms with Crippen molar-refractivity contribution < 1.29 is 0 Å². The minimum atomic E-state index is 0.110. The number of hydrogen-bond acceptors (Lipinski definition) is 5. The van der Waals surface area contributed by atoms with Crippen LogP contribution in [0, 0.1) is 56.3 Å². The first-order valence-electron chi connectivity index (χ1n) is 12.6. The van der Waals surface area contributed by atoms with Gasteiger partial charge in [0, 0.05) is 47.7 Å². The van der Waals surface area contributed by atoms with Gasteiger partial charge < -0.3 is 0 Å². The van der Waals surface area contributed by atoms with Gasteiger partial charge in [0.25, 0.3) is 0 Å². The minimum absolute atomic E-state index is 0.110. The van der Waals surface area contributed by atoms with Crippen molar-refractivity contribution in [2.75, 3.05) is 13.1 Å². The van der Waals surface area contributed by atoms with Gasteiger partial charge in [-0.15, -0.1) is 0 Å². The van der Waals surface area contributed by atoms with Crippen molar-refractivity contribution in [2.45, 2.75) is 53.8 Å². The van der Waals surface area contributed by atoms with E-state index in [0.717, 1.165) is 56.5 Å². The Labute approximate surface area is 248 Å². The van der Waals surface area contributed by atoms with Crippen LogP contribution in [0.1, 0.15) is 63.4 Å². The van der Waals surface area contributed by atoms with E-state index in [4.69, 9.17) is 27.7 Å². The summed E-state index contributed by atoms with van der Waals surface area (Å²) in [5.74, 6) is 17.3. The average Bonchev–Trinajstić information content (AvgIpc) is 3.00. The van der Waals surface area contributed by atoms with E-state index in [1.54, 1.807) is 0 Å². The summed E-state index contributed by atoms with van der Waals surface area (Å²) in [6.07, 6.45) is 0.755.